The molecule has 2 atom stereocenters. The fourth-order valence-electron chi connectivity index (χ4n) is 2.67. The maximum atomic E-state index is 12.5. The first kappa shape index (κ1) is 17.5. The number of thioether (sulfide) groups is 1. The van der Waals surface area contributed by atoms with Crippen molar-refractivity contribution in [1.82, 2.24) is 19.9 Å². The molecule has 1 aliphatic rings. The summed E-state index contributed by atoms with van der Waals surface area (Å²) in [7, 11) is -1.36. The van der Waals surface area contributed by atoms with E-state index in [1.54, 1.807) is 24.9 Å². The van der Waals surface area contributed by atoms with E-state index in [-0.39, 0.29) is 23.5 Å². The number of imidazole rings is 1. The van der Waals surface area contributed by atoms with Crippen molar-refractivity contribution < 1.29 is 13.2 Å². The van der Waals surface area contributed by atoms with Crippen molar-refractivity contribution in [2.24, 2.45) is 0 Å². The Morgan fingerprint density at radius 1 is 1.54 bits per heavy atom. The van der Waals surface area contributed by atoms with E-state index in [1.807, 2.05) is 0 Å². The molecular weight excluding hydrogens is 372 g/mol. The Hall–Kier alpha value is -1.32. The standard InChI is InChI=1S/C14H17ClN4O3S2/c1-8(13(20)19(2)10-3-4-24(21,22)7-10)23-14-17-11-5-9(15)6-16-12(11)18-14/h5-6,8,10H,3-4,7H2,1-2H3,(H,16,17,18)/t8-,10+/m0/s1. The first-order valence-corrected chi connectivity index (χ1v) is 10.5. The van der Waals surface area contributed by atoms with Crippen molar-refractivity contribution in [2.45, 2.75) is 29.8 Å². The van der Waals surface area contributed by atoms with Crippen LogP contribution in [0.25, 0.3) is 11.2 Å². The van der Waals surface area contributed by atoms with Gasteiger partial charge in [0.2, 0.25) is 5.91 Å². The van der Waals surface area contributed by atoms with Crippen LogP contribution in [0.5, 0.6) is 0 Å². The molecule has 130 valence electrons. The molecule has 2 aromatic rings. The third-order valence-electron chi connectivity index (χ3n) is 4.02. The van der Waals surface area contributed by atoms with Gasteiger partial charge in [-0.1, -0.05) is 23.4 Å². The number of aromatic nitrogens is 3. The van der Waals surface area contributed by atoms with Gasteiger partial charge in [-0.15, -0.1) is 0 Å². The number of pyridine rings is 1. The Bertz CT molecular complexity index is 883. The number of rotatable bonds is 4. The highest BCUT2D eigenvalue weighted by Gasteiger charge is 2.34. The summed E-state index contributed by atoms with van der Waals surface area (Å²) in [6, 6.07) is 1.48. The molecule has 0 aliphatic carbocycles. The van der Waals surface area contributed by atoms with Gasteiger partial charge in [0.05, 0.1) is 27.3 Å². The van der Waals surface area contributed by atoms with E-state index in [0.717, 1.165) is 0 Å². The minimum absolute atomic E-state index is 0.0414. The highest BCUT2D eigenvalue weighted by molar-refractivity contribution is 8.00. The molecule has 1 fully saturated rings. The van der Waals surface area contributed by atoms with E-state index in [2.05, 4.69) is 15.0 Å². The van der Waals surface area contributed by atoms with Crippen LogP contribution in [0.1, 0.15) is 13.3 Å². The third kappa shape index (κ3) is 3.68. The molecule has 0 aromatic carbocycles. The molecule has 0 bridgehead atoms. The predicted octanol–water partition coefficient (Wildman–Crippen LogP) is 1.74. The molecule has 1 aliphatic heterocycles. The van der Waals surface area contributed by atoms with E-state index in [4.69, 9.17) is 11.6 Å². The quantitative estimate of drug-likeness (QED) is 0.801. The normalized spacial score (nSPS) is 21.0. The van der Waals surface area contributed by atoms with Gasteiger partial charge in [-0.2, -0.15) is 0 Å². The van der Waals surface area contributed by atoms with Crippen LogP contribution in [-0.2, 0) is 14.6 Å². The van der Waals surface area contributed by atoms with Gasteiger partial charge in [-0.05, 0) is 19.4 Å². The van der Waals surface area contributed by atoms with Crippen LogP contribution < -0.4 is 0 Å². The number of H-pyrrole nitrogens is 1. The minimum Gasteiger partial charge on any atom is -0.341 e. The topological polar surface area (TPSA) is 96.0 Å². The highest BCUT2D eigenvalue weighted by Crippen LogP contribution is 2.26. The first-order chi connectivity index (χ1) is 11.2. The van der Waals surface area contributed by atoms with Crippen molar-refractivity contribution in [1.29, 1.82) is 0 Å². The lowest BCUT2D eigenvalue weighted by atomic mass is 10.2. The van der Waals surface area contributed by atoms with Crippen molar-refractivity contribution in [3.63, 3.8) is 0 Å². The van der Waals surface area contributed by atoms with E-state index < -0.39 is 15.1 Å². The predicted molar refractivity (Wildman–Crippen MR) is 94.0 cm³/mol. The number of hydrogen-bond donors (Lipinski definition) is 1. The molecule has 0 radical (unpaired) electrons. The Labute approximate surface area is 149 Å². The molecule has 3 rings (SSSR count). The minimum atomic E-state index is -3.02. The van der Waals surface area contributed by atoms with Crippen LogP contribution in [0, 0.1) is 0 Å². The summed E-state index contributed by atoms with van der Waals surface area (Å²) in [5.41, 5.74) is 1.25. The molecule has 1 N–H and O–H groups in total. The van der Waals surface area contributed by atoms with E-state index >= 15 is 0 Å². The zero-order valence-electron chi connectivity index (χ0n) is 13.2. The summed E-state index contributed by atoms with van der Waals surface area (Å²) < 4.78 is 23.2. The van der Waals surface area contributed by atoms with Gasteiger partial charge in [0.1, 0.15) is 0 Å². The van der Waals surface area contributed by atoms with Gasteiger partial charge in [-0.25, -0.2) is 18.4 Å². The Kier molecular flexibility index (Phi) is 4.76. The van der Waals surface area contributed by atoms with E-state index in [1.165, 1.54) is 18.0 Å². The summed E-state index contributed by atoms with van der Waals surface area (Å²) in [5.74, 6) is 0.0699. The molecular formula is C14H17ClN4O3S2. The Morgan fingerprint density at radius 3 is 2.96 bits per heavy atom. The highest BCUT2D eigenvalue weighted by atomic mass is 35.5. The maximum absolute atomic E-state index is 12.5. The number of halogens is 1. The number of carbonyl (C=O) groups is 1. The van der Waals surface area contributed by atoms with Crippen molar-refractivity contribution in [3.05, 3.63) is 17.3 Å². The molecule has 0 spiro atoms. The van der Waals surface area contributed by atoms with E-state index in [0.29, 0.717) is 27.8 Å². The van der Waals surface area contributed by atoms with Crippen LogP contribution in [0.4, 0.5) is 0 Å². The molecule has 7 nitrogen and oxygen atoms in total. The van der Waals surface area contributed by atoms with Gasteiger partial charge in [0.15, 0.2) is 20.6 Å². The Balaban J connectivity index is 1.68. The van der Waals surface area contributed by atoms with Crippen LogP contribution in [-0.4, -0.2) is 64.0 Å². The Morgan fingerprint density at radius 2 is 2.29 bits per heavy atom. The van der Waals surface area contributed by atoms with Gasteiger partial charge in [0, 0.05) is 19.3 Å². The van der Waals surface area contributed by atoms with Gasteiger partial charge in [-0.3, -0.25) is 4.79 Å². The van der Waals surface area contributed by atoms with Crippen LogP contribution in [0.3, 0.4) is 0 Å². The average Bonchev–Trinajstić information content (AvgIpc) is 3.07. The molecule has 0 saturated carbocycles. The molecule has 3 heterocycles. The summed E-state index contributed by atoms with van der Waals surface area (Å²) in [4.78, 5) is 25.6. The summed E-state index contributed by atoms with van der Waals surface area (Å²) in [6.07, 6.45) is 2.01. The smallest absolute Gasteiger partial charge is 0.235 e. The second-order valence-electron chi connectivity index (χ2n) is 5.83. The fraction of sp³-hybridized carbons (Fsp3) is 0.500. The SMILES string of the molecule is C[C@H](Sc1nc2ncc(Cl)cc2[nH]1)C(=O)N(C)[C@@H]1CCS(=O)(=O)C1. The zero-order valence-corrected chi connectivity index (χ0v) is 15.6. The number of carbonyl (C=O) groups excluding carboxylic acids is 1. The second-order valence-corrected chi connectivity index (χ2v) is 9.83. The number of aromatic amines is 1. The van der Waals surface area contributed by atoms with Gasteiger partial charge in [0.25, 0.3) is 0 Å². The maximum Gasteiger partial charge on any atom is 0.235 e. The van der Waals surface area contributed by atoms with Gasteiger partial charge >= 0.3 is 0 Å². The average molecular weight is 389 g/mol. The molecule has 2 aromatic heterocycles. The molecule has 0 unspecified atom stereocenters. The van der Waals surface area contributed by atoms with Crippen LogP contribution >= 0.6 is 23.4 Å². The lowest BCUT2D eigenvalue weighted by Gasteiger charge is -2.25. The summed E-state index contributed by atoms with van der Waals surface area (Å²) >= 11 is 7.17. The summed E-state index contributed by atoms with van der Waals surface area (Å²) in [6.45, 7) is 1.78. The van der Waals surface area contributed by atoms with Crippen molar-refractivity contribution in [2.75, 3.05) is 18.6 Å². The first-order valence-electron chi connectivity index (χ1n) is 7.40. The number of amides is 1. The number of nitrogens with zero attached hydrogens (tertiary/aromatic N) is 3. The van der Waals surface area contributed by atoms with Crippen LogP contribution in [0.15, 0.2) is 17.4 Å². The second kappa shape index (κ2) is 6.53. The van der Waals surface area contributed by atoms with Crippen molar-refractivity contribution >= 4 is 50.3 Å². The number of hydrogen-bond acceptors (Lipinski definition) is 6. The largest absolute Gasteiger partial charge is 0.341 e. The number of fused-ring (bicyclic) bond motifs is 1. The van der Waals surface area contributed by atoms with E-state index in [9.17, 15) is 13.2 Å². The number of sulfone groups is 1. The molecule has 1 amide bonds. The monoisotopic (exact) mass is 388 g/mol. The van der Waals surface area contributed by atoms with Crippen LogP contribution in [0.2, 0.25) is 5.02 Å². The lowest BCUT2D eigenvalue weighted by molar-refractivity contribution is -0.130. The third-order valence-corrected chi connectivity index (χ3v) is 6.95. The zero-order chi connectivity index (χ0) is 17.5. The number of nitrogens with one attached hydrogen (secondary N) is 1. The molecule has 24 heavy (non-hydrogen) atoms. The van der Waals surface area contributed by atoms with Gasteiger partial charge < -0.3 is 9.88 Å². The summed E-state index contributed by atoms with van der Waals surface area (Å²) in [5, 5.41) is 0.691. The fourth-order valence-corrected chi connectivity index (χ4v) is 5.52. The molecule has 1 saturated heterocycles. The van der Waals surface area contributed by atoms with Crippen molar-refractivity contribution in [3.8, 4) is 0 Å². The lowest BCUT2D eigenvalue weighted by Crippen LogP contribution is -2.41. The molecule has 10 heteroatoms.